The number of halogens is 1. The van der Waals surface area contributed by atoms with Crippen LogP contribution in [0, 0.1) is 0 Å². The molecular weight excluding hydrogens is 450 g/mol. The van der Waals surface area contributed by atoms with E-state index in [9.17, 15) is 5.11 Å². The Morgan fingerprint density at radius 1 is 0.824 bits per heavy atom. The van der Waals surface area contributed by atoms with E-state index in [0.29, 0.717) is 44.5 Å². The van der Waals surface area contributed by atoms with Gasteiger partial charge in [0.15, 0.2) is 0 Å². The van der Waals surface area contributed by atoms with Crippen LogP contribution in [-0.4, -0.2) is 43.6 Å². The first-order valence-corrected chi connectivity index (χ1v) is 12.2. The summed E-state index contributed by atoms with van der Waals surface area (Å²) in [7, 11) is 0. The summed E-state index contributed by atoms with van der Waals surface area (Å²) in [6, 6.07) is 25.8. The molecule has 3 aromatic carbocycles. The average Bonchev–Trinajstić information content (AvgIpc) is 2.87. The van der Waals surface area contributed by atoms with Gasteiger partial charge in [-0.05, 0) is 41.0 Å². The molecule has 0 amide bonds. The molecule has 0 radical (unpaired) electrons. The van der Waals surface area contributed by atoms with Crippen LogP contribution >= 0.6 is 11.6 Å². The molecule has 0 spiro atoms. The normalized spacial score (nSPS) is 20.2. The lowest BCUT2D eigenvalue weighted by Crippen LogP contribution is -2.49. The van der Waals surface area contributed by atoms with Crippen LogP contribution in [0.2, 0.25) is 5.02 Å². The Morgan fingerprint density at radius 3 is 2.32 bits per heavy atom. The van der Waals surface area contributed by atoms with Crippen molar-refractivity contribution >= 4 is 11.6 Å². The fourth-order valence-corrected chi connectivity index (χ4v) is 4.29. The van der Waals surface area contributed by atoms with Crippen LogP contribution in [0.3, 0.4) is 0 Å². The second-order valence-electron chi connectivity index (χ2n) is 8.54. The molecule has 6 heteroatoms. The number of hydrogen-bond donors (Lipinski definition) is 2. The highest BCUT2D eigenvalue weighted by molar-refractivity contribution is 6.30. The highest BCUT2D eigenvalue weighted by Crippen LogP contribution is 2.30. The second kappa shape index (κ2) is 12.9. The third-order valence-corrected chi connectivity index (χ3v) is 6.22. The molecule has 4 rings (SSSR count). The quantitative estimate of drug-likeness (QED) is 0.379. The summed E-state index contributed by atoms with van der Waals surface area (Å²) in [5.74, 6) is 0.711. The third kappa shape index (κ3) is 7.29. The third-order valence-electron chi connectivity index (χ3n) is 5.97. The van der Waals surface area contributed by atoms with E-state index in [-0.39, 0.29) is 12.0 Å². The molecule has 0 aliphatic carbocycles. The zero-order valence-electron chi connectivity index (χ0n) is 19.2. The van der Waals surface area contributed by atoms with Gasteiger partial charge in [-0.25, -0.2) is 0 Å². The highest BCUT2D eigenvalue weighted by atomic mass is 35.5. The lowest BCUT2D eigenvalue weighted by Gasteiger charge is -2.36. The minimum absolute atomic E-state index is 0.103. The van der Waals surface area contributed by atoms with Crippen molar-refractivity contribution in [2.24, 2.45) is 0 Å². The van der Waals surface area contributed by atoms with Crippen LogP contribution in [0.25, 0.3) is 0 Å². The Kier molecular flexibility index (Phi) is 9.36. The maximum Gasteiger partial charge on any atom is 0.119 e. The van der Waals surface area contributed by atoms with E-state index in [1.165, 1.54) is 5.56 Å². The van der Waals surface area contributed by atoms with Crippen LogP contribution in [0.15, 0.2) is 78.9 Å². The van der Waals surface area contributed by atoms with Crippen molar-refractivity contribution in [1.29, 1.82) is 0 Å². The molecule has 3 unspecified atom stereocenters. The smallest absolute Gasteiger partial charge is 0.119 e. The first-order valence-electron chi connectivity index (χ1n) is 11.8. The second-order valence-corrected chi connectivity index (χ2v) is 8.97. The van der Waals surface area contributed by atoms with Gasteiger partial charge in [0.2, 0.25) is 0 Å². The summed E-state index contributed by atoms with van der Waals surface area (Å²) < 4.78 is 17.8. The number of benzene rings is 3. The molecule has 34 heavy (non-hydrogen) atoms. The zero-order valence-corrected chi connectivity index (χ0v) is 20.0. The molecule has 0 saturated carbocycles. The summed E-state index contributed by atoms with van der Waals surface area (Å²) in [5, 5.41) is 14.7. The number of rotatable bonds is 11. The number of ether oxygens (including phenoxy) is 3. The monoisotopic (exact) mass is 481 g/mol. The maximum atomic E-state index is 10.7. The van der Waals surface area contributed by atoms with Gasteiger partial charge < -0.3 is 24.6 Å². The first kappa shape index (κ1) is 24.7. The van der Waals surface area contributed by atoms with Gasteiger partial charge in [-0.3, -0.25) is 0 Å². The first-order chi connectivity index (χ1) is 16.7. The Labute approximate surface area is 206 Å². The van der Waals surface area contributed by atoms with Gasteiger partial charge in [0.25, 0.3) is 0 Å². The average molecular weight is 482 g/mol. The maximum absolute atomic E-state index is 10.7. The van der Waals surface area contributed by atoms with Crippen molar-refractivity contribution in [3.8, 4) is 5.75 Å². The lowest BCUT2D eigenvalue weighted by atomic mass is 9.85. The topological polar surface area (TPSA) is 60.0 Å². The van der Waals surface area contributed by atoms with E-state index < -0.39 is 6.10 Å². The molecule has 0 aromatic heterocycles. The molecular formula is C28H32ClNO4. The van der Waals surface area contributed by atoms with Gasteiger partial charge in [-0.1, -0.05) is 66.2 Å². The Balaban J connectivity index is 1.24. The summed E-state index contributed by atoms with van der Waals surface area (Å²) in [5.41, 5.74) is 3.28. The van der Waals surface area contributed by atoms with Gasteiger partial charge in [0, 0.05) is 30.5 Å². The van der Waals surface area contributed by atoms with Gasteiger partial charge in [0.1, 0.15) is 5.75 Å². The lowest BCUT2D eigenvalue weighted by molar-refractivity contribution is -0.0328. The fraction of sp³-hybridized carbons (Fsp3) is 0.357. The molecule has 0 bridgehead atoms. The number of aliphatic hydroxyl groups is 1. The van der Waals surface area contributed by atoms with Gasteiger partial charge in [0.05, 0.1) is 38.6 Å². The molecule has 1 heterocycles. The number of piperidine rings is 1. The highest BCUT2D eigenvalue weighted by Gasteiger charge is 2.34. The van der Waals surface area contributed by atoms with Gasteiger partial charge >= 0.3 is 0 Å². The van der Waals surface area contributed by atoms with E-state index >= 15 is 0 Å². The minimum atomic E-state index is -0.516. The Bertz CT molecular complexity index is 982. The van der Waals surface area contributed by atoms with Crippen LogP contribution < -0.4 is 10.1 Å². The van der Waals surface area contributed by atoms with Crippen molar-refractivity contribution in [3.63, 3.8) is 0 Å². The molecule has 3 aromatic rings. The Morgan fingerprint density at radius 2 is 1.56 bits per heavy atom. The molecule has 180 valence electrons. The number of β-amino-alcohol motifs (C(OH)–C–C–N with tert-alkyl or cyclic N) is 1. The van der Waals surface area contributed by atoms with Crippen molar-refractivity contribution in [2.45, 2.75) is 37.8 Å². The van der Waals surface area contributed by atoms with Crippen LogP contribution in [-0.2, 0) is 22.7 Å². The molecule has 5 nitrogen and oxygen atoms in total. The summed E-state index contributed by atoms with van der Waals surface area (Å²) in [4.78, 5) is 0. The van der Waals surface area contributed by atoms with Gasteiger partial charge in [-0.2, -0.15) is 0 Å². The molecule has 2 N–H and O–H groups in total. The number of aliphatic hydroxyl groups excluding tert-OH is 1. The number of nitrogens with one attached hydrogen (secondary N) is 1. The van der Waals surface area contributed by atoms with Crippen LogP contribution in [0.1, 0.15) is 29.0 Å². The standard InChI is InChI=1S/C28H32ClNO4/c29-24-11-7-22(8-12-24)20-34-27-18-30-17-26(31)28(27)23-9-13-25(14-10-23)33-16-4-15-32-19-21-5-2-1-3-6-21/h1-3,5-14,26-28,30-31H,4,15-20H2. The van der Waals surface area contributed by atoms with Crippen molar-refractivity contribution in [2.75, 3.05) is 26.3 Å². The predicted molar refractivity (Wildman–Crippen MR) is 134 cm³/mol. The minimum Gasteiger partial charge on any atom is -0.494 e. The van der Waals surface area contributed by atoms with Crippen LogP contribution in [0.4, 0.5) is 0 Å². The largest absolute Gasteiger partial charge is 0.494 e. The van der Waals surface area contributed by atoms with E-state index in [4.69, 9.17) is 25.8 Å². The summed E-state index contributed by atoms with van der Waals surface area (Å²) >= 11 is 5.97. The van der Waals surface area contributed by atoms with Gasteiger partial charge in [-0.15, -0.1) is 0 Å². The fourth-order valence-electron chi connectivity index (χ4n) is 4.16. The summed E-state index contributed by atoms with van der Waals surface area (Å²) in [6.45, 7) is 3.58. The van der Waals surface area contributed by atoms with Crippen molar-refractivity contribution in [1.82, 2.24) is 5.32 Å². The molecule has 1 aliphatic rings. The van der Waals surface area contributed by atoms with E-state index in [1.807, 2.05) is 66.7 Å². The molecule has 3 atom stereocenters. The van der Waals surface area contributed by atoms with Crippen molar-refractivity contribution in [3.05, 3.63) is 101 Å². The van der Waals surface area contributed by atoms with E-state index in [0.717, 1.165) is 23.3 Å². The molecule has 1 aliphatic heterocycles. The molecule has 1 fully saturated rings. The van der Waals surface area contributed by atoms with E-state index in [1.54, 1.807) is 0 Å². The van der Waals surface area contributed by atoms with E-state index in [2.05, 4.69) is 17.4 Å². The molecule has 1 saturated heterocycles. The summed E-state index contributed by atoms with van der Waals surface area (Å²) in [6.07, 6.45) is 0.174. The number of hydrogen-bond acceptors (Lipinski definition) is 5. The predicted octanol–water partition coefficient (Wildman–Crippen LogP) is 4.96. The zero-order chi connectivity index (χ0) is 23.6. The Hall–Kier alpha value is -2.41. The SMILES string of the molecule is OC1CNCC(OCc2ccc(Cl)cc2)C1c1ccc(OCCCOCc2ccccc2)cc1. The van der Waals surface area contributed by atoms with Crippen LogP contribution in [0.5, 0.6) is 5.75 Å². The van der Waals surface area contributed by atoms with Crippen molar-refractivity contribution < 1.29 is 19.3 Å².